The van der Waals surface area contributed by atoms with E-state index in [9.17, 15) is 4.79 Å². The average molecular weight is 284 g/mol. The first-order valence-corrected chi connectivity index (χ1v) is 6.67. The van der Waals surface area contributed by atoms with Crippen molar-refractivity contribution in [3.05, 3.63) is 41.5 Å². The fourth-order valence-corrected chi connectivity index (χ4v) is 2.53. The topological polar surface area (TPSA) is 44.8 Å². The van der Waals surface area contributed by atoms with E-state index < -0.39 is 0 Å². The van der Waals surface area contributed by atoms with Crippen molar-refractivity contribution >= 4 is 5.78 Å². The second-order valence-corrected chi connectivity index (χ2v) is 4.96. The largest absolute Gasteiger partial charge is 0.493 e. The molecule has 0 saturated carbocycles. The lowest BCUT2D eigenvalue weighted by atomic mass is 9.95. The minimum atomic E-state index is -0.0696. The molecule has 2 aromatic rings. The van der Waals surface area contributed by atoms with E-state index in [0.29, 0.717) is 22.8 Å². The Balaban J connectivity index is 2.31. The third-order valence-electron chi connectivity index (χ3n) is 3.61. The molecule has 2 aromatic carbocycles. The molecule has 108 valence electrons. The maximum absolute atomic E-state index is 12.3. The van der Waals surface area contributed by atoms with E-state index in [2.05, 4.69) is 0 Å². The van der Waals surface area contributed by atoms with Crippen LogP contribution < -0.4 is 14.2 Å². The van der Waals surface area contributed by atoms with Crippen molar-refractivity contribution in [2.45, 2.75) is 6.92 Å². The van der Waals surface area contributed by atoms with Crippen LogP contribution in [0.25, 0.3) is 11.1 Å². The fraction of sp³-hybridized carbons (Fsp3) is 0.235. The number of methoxy groups -OCH3 is 2. The first-order valence-electron chi connectivity index (χ1n) is 6.67. The quantitative estimate of drug-likeness (QED) is 0.849. The molecule has 0 fully saturated rings. The van der Waals surface area contributed by atoms with Gasteiger partial charge in [-0.15, -0.1) is 0 Å². The summed E-state index contributed by atoms with van der Waals surface area (Å²) in [5, 5.41) is 0. The van der Waals surface area contributed by atoms with Gasteiger partial charge in [0.1, 0.15) is 5.75 Å². The normalized spacial score (nSPS) is 12.8. The molecule has 0 unspecified atom stereocenters. The van der Waals surface area contributed by atoms with Crippen LogP contribution in [0, 0.1) is 6.92 Å². The van der Waals surface area contributed by atoms with Gasteiger partial charge >= 0.3 is 0 Å². The van der Waals surface area contributed by atoms with Crippen molar-refractivity contribution < 1.29 is 19.0 Å². The molecule has 21 heavy (non-hydrogen) atoms. The zero-order valence-electron chi connectivity index (χ0n) is 12.2. The lowest BCUT2D eigenvalue weighted by molar-refractivity contribution is 0.0925. The van der Waals surface area contributed by atoms with Crippen LogP contribution in [0.5, 0.6) is 17.2 Å². The second kappa shape index (κ2) is 5.13. The molecular weight excluding hydrogens is 268 g/mol. The van der Waals surface area contributed by atoms with Crippen molar-refractivity contribution in [1.82, 2.24) is 0 Å². The highest BCUT2D eigenvalue weighted by Crippen LogP contribution is 2.41. The zero-order valence-corrected chi connectivity index (χ0v) is 12.2. The number of rotatable bonds is 2. The molecule has 1 aliphatic heterocycles. The van der Waals surface area contributed by atoms with Gasteiger partial charge in [-0.05, 0) is 31.2 Å². The summed E-state index contributed by atoms with van der Waals surface area (Å²) in [6.07, 6.45) is 0. The molecular formula is C17H16O4. The number of benzene rings is 2. The highest BCUT2D eigenvalue weighted by Gasteiger charge is 2.24. The van der Waals surface area contributed by atoms with Crippen LogP contribution in [-0.4, -0.2) is 26.6 Å². The monoisotopic (exact) mass is 284 g/mol. The predicted molar refractivity (Wildman–Crippen MR) is 79.5 cm³/mol. The Kier molecular flexibility index (Phi) is 3.29. The Morgan fingerprint density at radius 3 is 2.29 bits per heavy atom. The summed E-state index contributed by atoms with van der Waals surface area (Å²) in [6, 6.07) is 9.42. The van der Waals surface area contributed by atoms with Crippen molar-refractivity contribution in [3.8, 4) is 28.4 Å². The standard InChI is InChI=1S/C17H16O4/c1-10-4-5-15-13(6-10)11-7-16(19-2)17(20-3)8-12(11)14(18)9-21-15/h4-8H,9H2,1-3H3. The molecule has 1 heterocycles. The number of carbonyl (C=O) groups excluding carboxylic acids is 1. The lowest BCUT2D eigenvalue weighted by Gasteiger charge is -2.13. The van der Waals surface area contributed by atoms with Crippen molar-refractivity contribution in [2.75, 3.05) is 20.8 Å². The first kappa shape index (κ1) is 13.5. The van der Waals surface area contributed by atoms with E-state index in [1.54, 1.807) is 20.3 Å². The summed E-state index contributed by atoms with van der Waals surface area (Å²) < 4.78 is 16.2. The van der Waals surface area contributed by atoms with Crippen LogP contribution in [0.1, 0.15) is 15.9 Å². The van der Waals surface area contributed by atoms with Gasteiger partial charge in [-0.25, -0.2) is 0 Å². The Morgan fingerprint density at radius 2 is 1.62 bits per heavy atom. The Hall–Kier alpha value is -2.49. The van der Waals surface area contributed by atoms with Crippen molar-refractivity contribution in [3.63, 3.8) is 0 Å². The van der Waals surface area contributed by atoms with Gasteiger partial charge in [0.25, 0.3) is 0 Å². The van der Waals surface area contributed by atoms with Crippen LogP contribution in [0.15, 0.2) is 30.3 Å². The number of aryl methyl sites for hydroxylation is 1. The molecule has 0 bridgehead atoms. The van der Waals surface area contributed by atoms with E-state index in [4.69, 9.17) is 14.2 Å². The van der Waals surface area contributed by atoms with Gasteiger partial charge in [-0.2, -0.15) is 0 Å². The summed E-state index contributed by atoms with van der Waals surface area (Å²) >= 11 is 0. The number of fused-ring (bicyclic) bond motifs is 3. The summed E-state index contributed by atoms with van der Waals surface area (Å²) in [4.78, 5) is 12.3. The minimum absolute atomic E-state index is 0.0263. The summed E-state index contributed by atoms with van der Waals surface area (Å²) in [5.74, 6) is 1.78. The van der Waals surface area contributed by atoms with Crippen LogP contribution in [0.4, 0.5) is 0 Å². The van der Waals surface area contributed by atoms with Gasteiger partial charge in [0.15, 0.2) is 18.1 Å². The summed E-state index contributed by atoms with van der Waals surface area (Å²) in [5.41, 5.74) is 3.41. The first-order chi connectivity index (χ1) is 10.1. The van der Waals surface area contributed by atoms with Gasteiger partial charge in [-0.3, -0.25) is 4.79 Å². The molecule has 0 aromatic heterocycles. The molecule has 0 spiro atoms. The van der Waals surface area contributed by atoms with E-state index >= 15 is 0 Å². The average Bonchev–Trinajstić information content (AvgIpc) is 2.63. The second-order valence-electron chi connectivity index (χ2n) is 4.96. The highest BCUT2D eigenvalue weighted by atomic mass is 16.5. The van der Waals surface area contributed by atoms with Gasteiger partial charge in [0.05, 0.1) is 14.2 Å². The van der Waals surface area contributed by atoms with Gasteiger partial charge < -0.3 is 14.2 Å². The molecule has 3 rings (SSSR count). The van der Waals surface area contributed by atoms with Crippen LogP contribution in [-0.2, 0) is 0 Å². The molecule has 0 N–H and O–H groups in total. The molecule has 0 atom stereocenters. The number of carbonyl (C=O) groups is 1. The third kappa shape index (κ3) is 2.23. The minimum Gasteiger partial charge on any atom is -0.493 e. The molecule has 0 saturated heterocycles. The number of ether oxygens (including phenoxy) is 3. The van der Waals surface area contributed by atoms with Gasteiger partial charge in [0.2, 0.25) is 5.78 Å². The summed E-state index contributed by atoms with van der Waals surface area (Å²) in [7, 11) is 3.14. The highest BCUT2D eigenvalue weighted by molar-refractivity contribution is 6.05. The lowest BCUT2D eigenvalue weighted by Crippen LogP contribution is -2.10. The van der Waals surface area contributed by atoms with E-state index in [-0.39, 0.29) is 12.4 Å². The van der Waals surface area contributed by atoms with Crippen molar-refractivity contribution in [1.29, 1.82) is 0 Å². The third-order valence-corrected chi connectivity index (χ3v) is 3.61. The Morgan fingerprint density at radius 1 is 0.952 bits per heavy atom. The maximum atomic E-state index is 12.3. The van der Waals surface area contributed by atoms with Crippen molar-refractivity contribution in [2.24, 2.45) is 0 Å². The van der Waals surface area contributed by atoms with E-state index in [0.717, 1.165) is 16.7 Å². The van der Waals surface area contributed by atoms with Crippen LogP contribution in [0.3, 0.4) is 0 Å². The molecule has 4 heteroatoms. The summed E-state index contributed by atoms with van der Waals surface area (Å²) in [6.45, 7) is 2.03. The number of hydrogen-bond acceptors (Lipinski definition) is 4. The molecule has 0 aliphatic carbocycles. The maximum Gasteiger partial charge on any atom is 0.200 e. The Labute approximate surface area is 123 Å². The number of hydrogen-bond donors (Lipinski definition) is 0. The van der Waals surface area contributed by atoms with Gasteiger partial charge in [0, 0.05) is 16.7 Å². The van der Waals surface area contributed by atoms with E-state index in [1.807, 2.05) is 31.2 Å². The fourth-order valence-electron chi connectivity index (χ4n) is 2.53. The smallest absolute Gasteiger partial charge is 0.200 e. The number of ketones is 1. The van der Waals surface area contributed by atoms with E-state index in [1.165, 1.54) is 0 Å². The predicted octanol–water partition coefficient (Wildman–Crippen LogP) is 3.25. The molecule has 4 nitrogen and oxygen atoms in total. The zero-order chi connectivity index (χ0) is 15.0. The molecule has 0 radical (unpaired) electrons. The van der Waals surface area contributed by atoms with Gasteiger partial charge in [-0.1, -0.05) is 11.6 Å². The number of Topliss-reactive ketones (excluding diaryl/α,β-unsaturated/α-hetero) is 1. The van der Waals surface area contributed by atoms with Crippen LogP contribution in [0.2, 0.25) is 0 Å². The SMILES string of the molecule is COc1cc2c(cc1OC)-c1cc(C)ccc1OCC2=O. The molecule has 0 amide bonds. The molecule has 1 aliphatic rings. The van der Waals surface area contributed by atoms with Crippen LogP contribution >= 0.6 is 0 Å². The Bertz CT molecular complexity index is 719.